The number of halogens is 3. The molecular weight excluding hydrogens is 219 g/mol. The third-order valence-electron chi connectivity index (χ3n) is 2.14. The van der Waals surface area contributed by atoms with Crippen LogP contribution < -0.4 is 5.32 Å². The molecule has 2 N–H and O–H groups in total. The van der Waals surface area contributed by atoms with Gasteiger partial charge in [-0.15, -0.1) is 0 Å². The minimum atomic E-state index is -4.32. The van der Waals surface area contributed by atoms with Crippen molar-refractivity contribution in [1.82, 2.24) is 5.32 Å². The number of aliphatic hydroxyl groups is 1. The van der Waals surface area contributed by atoms with Crippen LogP contribution in [0.15, 0.2) is 30.3 Å². The molecule has 0 spiro atoms. The molecule has 16 heavy (non-hydrogen) atoms. The summed E-state index contributed by atoms with van der Waals surface area (Å²) >= 11 is 0. The molecule has 0 radical (unpaired) electrons. The number of hydrogen-bond acceptors (Lipinski definition) is 2. The molecule has 0 aliphatic heterocycles. The Hall–Kier alpha value is -1.07. The Labute approximate surface area is 92.1 Å². The van der Waals surface area contributed by atoms with E-state index in [0.717, 1.165) is 0 Å². The Balaban J connectivity index is 2.73. The highest BCUT2D eigenvalue weighted by Crippen LogP contribution is 2.32. The first-order valence-corrected chi connectivity index (χ1v) is 5.01. The van der Waals surface area contributed by atoms with Crippen molar-refractivity contribution in [1.29, 1.82) is 0 Å². The molecule has 0 aromatic heterocycles. The van der Waals surface area contributed by atoms with Crippen molar-refractivity contribution < 1.29 is 18.3 Å². The monoisotopic (exact) mass is 233 g/mol. The van der Waals surface area contributed by atoms with Gasteiger partial charge in [0.1, 0.15) is 6.04 Å². The Morgan fingerprint density at radius 3 is 2.31 bits per heavy atom. The van der Waals surface area contributed by atoms with Crippen molar-refractivity contribution >= 4 is 0 Å². The van der Waals surface area contributed by atoms with Crippen molar-refractivity contribution in [2.75, 3.05) is 13.2 Å². The molecule has 1 rings (SSSR count). The highest BCUT2D eigenvalue weighted by Gasteiger charge is 2.40. The lowest BCUT2D eigenvalue weighted by Gasteiger charge is -2.21. The summed E-state index contributed by atoms with van der Waals surface area (Å²) in [5, 5.41) is 10.9. The SMILES string of the molecule is OCCCNC(c1ccccc1)C(F)(F)F. The lowest BCUT2D eigenvalue weighted by atomic mass is 10.1. The van der Waals surface area contributed by atoms with Crippen LogP contribution in [0.4, 0.5) is 13.2 Å². The molecule has 1 atom stereocenters. The van der Waals surface area contributed by atoms with E-state index in [1.807, 2.05) is 0 Å². The summed E-state index contributed by atoms with van der Waals surface area (Å²) in [5.74, 6) is 0. The molecular formula is C11H14F3NO. The largest absolute Gasteiger partial charge is 0.407 e. The summed E-state index contributed by atoms with van der Waals surface area (Å²) in [4.78, 5) is 0. The van der Waals surface area contributed by atoms with Crippen molar-refractivity contribution in [2.24, 2.45) is 0 Å². The second-order valence-corrected chi connectivity index (χ2v) is 3.42. The van der Waals surface area contributed by atoms with Crippen LogP contribution in [0, 0.1) is 0 Å². The summed E-state index contributed by atoms with van der Waals surface area (Å²) < 4.78 is 38.1. The zero-order chi connectivity index (χ0) is 12.0. The average molecular weight is 233 g/mol. The van der Waals surface area contributed by atoms with Gasteiger partial charge in [0.15, 0.2) is 0 Å². The molecule has 0 fully saturated rings. The van der Waals surface area contributed by atoms with Crippen molar-refractivity contribution in [3.63, 3.8) is 0 Å². The van der Waals surface area contributed by atoms with Gasteiger partial charge >= 0.3 is 6.18 Å². The van der Waals surface area contributed by atoms with Gasteiger partial charge < -0.3 is 10.4 Å². The summed E-state index contributed by atoms with van der Waals surface area (Å²) in [5.41, 5.74) is 0.188. The molecule has 0 heterocycles. The maximum Gasteiger partial charge on any atom is 0.407 e. The zero-order valence-corrected chi connectivity index (χ0v) is 8.67. The molecule has 2 nitrogen and oxygen atoms in total. The lowest BCUT2D eigenvalue weighted by molar-refractivity contribution is -0.157. The number of benzene rings is 1. The van der Waals surface area contributed by atoms with Crippen LogP contribution in [0.5, 0.6) is 0 Å². The Morgan fingerprint density at radius 1 is 1.19 bits per heavy atom. The fraction of sp³-hybridized carbons (Fsp3) is 0.455. The number of hydrogen-bond donors (Lipinski definition) is 2. The average Bonchev–Trinajstić information content (AvgIpc) is 2.24. The zero-order valence-electron chi connectivity index (χ0n) is 8.67. The molecule has 0 bridgehead atoms. The first-order valence-electron chi connectivity index (χ1n) is 5.01. The fourth-order valence-corrected chi connectivity index (χ4v) is 1.39. The van der Waals surface area contributed by atoms with E-state index in [9.17, 15) is 13.2 Å². The second kappa shape index (κ2) is 5.86. The van der Waals surface area contributed by atoms with Crippen LogP contribution in [0.1, 0.15) is 18.0 Å². The molecule has 1 aromatic carbocycles. The van der Waals surface area contributed by atoms with Gasteiger partial charge in [-0.25, -0.2) is 0 Å². The maximum atomic E-state index is 12.7. The third kappa shape index (κ3) is 3.83. The van der Waals surface area contributed by atoms with E-state index in [-0.39, 0.29) is 18.7 Å². The quantitative estimate of drug-likeness (QED) is 0.764. The highest BCUT2D eigenvalue weighted by molar-refractivity contribution is 5.20. The topological polar surface area (TPSA) is 32.3 Å². The van der Waals surface area contributed by atoms with Gasteiger partial charge in [-0.3, -0.25) is 0 Å². The van der Waals surface area contributed by atoms with E-state index in [0.29, 0.717) is 6.42 Å². The van der Waals surface area contributed by atoms with E-state index >= 15 is 0 Å². The Kier molecular flexibility index (Phi) is 4.76. The van der Waals surface area contributed by atoms with Crippen molar-refractivity contribution in [2.45, 2.75) is 18.6 Å². The predicted octanol–water partition coefficient (Wildman–Crippen LogP) is 2.26. The van der Waals surface area contributed by atoms with Gasteiger partial charge in [-0.05, 0) is 18.5 Å². The molecule has 1 aromatic rings. The number of rotatable bonds is 5. The van der Waals surface area contributed by atoms with Crippen LogP contribution in [-0.2, 0) is 0 Å². The van der Waals surface area contributed by atoms with Crippen LogP contribution in [0.2, 0.25) is 0 Å². The van der Waals surface area contributed by atoms with Gasteiger partial charge in [0.2, 0.25) is 0 Å². The van der Waals surface area contributed by atoms with Crippen LogP contribution in [-0.4, -0.2) is 24.4 Å². The highest BCUT2D eigenvalue weighted by atomic mass is 19.4. The molecule has 0 aliphatic rings. The standard InChI is InChI=1S/C11H14F3NO/c12-11(13,14)10(15-7-4-8-16)9-5-2-1-3-6-9/h1-3,5-6,10,15-16H,4,7-8H2. The van der Waals surface area contributed by atoms with Crippen LogP contribution >= 0.6 is 0 Å². The molecule has 0 saturated heterocycles. The Morgan fingerprint density at radius 2 is 1.81 bits per heavy atom. The first kappa shape index (κ1) is 13.0. The maximum absolute atomic E-state index is 12.7. The summed E-state index contributed by atoms with van der Waals surface area (Å²) in [7, 11) is 0. The Bertz CT molecular complexity index is 300. The number of aliphatic hydroxyl groups excluding tert-OH is 1. The fourth-order valence-electron chi connectivity index (χ4n) is 1.39. The van der Waals surface area contributed by atoms with E-state index < -0.39 is 12.2 Å². The van der Waals surface area contributed by atoms with E-state index in [1.165, 1.54) is 12.1 Å². The van der Waals surface area contributed by atoms with Gasteiger partial charge in [0, 0.05) is 6.61 Å². The molecule has 90 valence electrons. The molecule has 5 heteroatoms. The number of alkyl halides is 3. The van der Waals surface area contributed by atoms with Gasteiger partial charge in [-0.1, -0.05) is 30.3 Å². The van der Waals surface area contributed by atoms with Crippen molar-refractivity contribution in [3.05, 3.63) is 35.9 Å². The van der Waals surface area contributed by atoms with E-state index in [4.69, 9.17) is 5.11 Å². The summed E-state index contributed by atoms with van der Waals surface area (Å²) in [6.07, 6.45) is -4.02. The van der Waals surface area contributed by atoms with Crippen LogP contribution in [0.3, 0.4) is 0 Å². The molecule has 1 unspecified atom stereocenters. The number of nitrogens with one attached hydrogen (secondary N) is 1. The first-order chi connectivity index (χ1) is 7.55. The lowest BCUT2D eigenvalue weighted by Crippen LogP contribution is -2.35. The van der Waals surface area contributed by atoms with Gasteiger partial charge in [-0.2, -0.15) is 13.2 Å². The smallest absolute Gasteiger partial charge is 0.396 e. The van der Waals surface area contributed by atoms with E-state index in [2.05, 4.69) is 5.32 Å². The normalized spacial score (nSPS) is 13.8. The van der Waals surface area contributed by atoms with Gasteiger partial charge in [0.05, 0.1) is 0 Å². The molecule has 0 aliphatic carbocycles. The molecule has 0 saturated carbocycles. The molecule has 0 amide bonds. The van der Waals surface area contributed by atoms with Crippen molar-refractivity contribution in [3.8, 4) is 0 Å². The minimum absolute atomic E-state index is 0.119. The second-order valence-electron chi connectivity index (χ2n) is 3.42. The summed E-state index contributed by atoms with van der Waals surface area (Å²) in [6.45, 7) is 0.0158. The predicted molar refractivity (Wildman–Crippen MR) is 54.9 cm³/mol. The van der Waals surface area contributed by atoms with Crippen LogP contribution in [0.25, 0.3) is 0 Å². The summed E-state index contributed by atoms with van der Waals surface area (Å²) in [6, 6.07) is 6.02. The van der Waals surface area contributed by atoms with E-state index in [1.54, 1.807) is 18.2 Å². The van der Waals surface area contributed by atoms with Gasteiger partial charge in [0.25, 0.3) is 0 Å². The minimum Gasteiger partial charge on any atom is -0.396 e. The third-order valence-corrected chi connectivity index (χ3v) is 2.14.